The summed E-state index contributed by atoms with van der Waals surface area (Å²) in [4.78, 5) is 23.4. The van der Waals surface area contributed by atoms with Crippen LogP contribution in [0, 0.1) is 0 Å². The Labute approximate surface area is 64.5 Å². The highest BCUT2D eigenvalue weighted by Gasteiger charge is 2.35. The molecule has 0 unspecified atom stereocenters. The van der Waals surface area contributed by atoms with E-state index in [0.29, 0.717) is 6.04 Å². The van der Waals surface area contributed by atoms with Gasteiger partial charge in [0.2, 0.25) is 5.91 Å². The first-order valence-corrected chi connectivity index (χ1v) is 3.88. The van der Waals surface area contributed by atoms with Gasteiger partial charge < -0.3 is 4.90 Å². The van der Waals surface area contributed by atoms with Crippen molar-refractivity contribution in [2.24, 2.45) is 0 Å². The Morgan fingerprint density at radius 1 is 1.36 bits per heavy atom. The first kappa shape index (κ1) is 6.64. The maximum Gasteiger partial charge on any atom is 0.324 e. The first-order chi connectivity index (χ1) is 5.27. The van der Waals surface area contributed by atoms with Crippen LogP contribution in [0.5, 0.6) is 0 Å². The minimum absolute atomic E-state index is 0.165. The molecule has 1 saturated heterocycles. The van der Waals surface area contributed by atoms with Crippen LogP contribution in [0.15, 0.2) is 0 Å². The highest BCUT2D eigenvalue weighted by molar-refractivity contribution is 6.02. The summed E-state index contributed by atoms with van der Waals surface area (Å²) in [5, 5.41) is 2.26. The summed E-state index contributed by atoms with van der Waals surface area (Å²) in [5.41, 5.74) is 0. The fraction of sp³-hybridized carbons (Fsp3) is 0.714. The summed E-state index contributed by atoms with van der Waals surface area (Å²) in [6.07, 6.45) is 3.30. The van der Waals surface area contributed by atoms with E-state index in [2.05, 4.69) is 5.32 Å². The van der Waals surface area contributed by atoms with Crippen LogP contribution in [0.4, 0.5) is 4.79 Å². The normalized spacial score (nSPS) is 25.3. The lowest BCUT2D eigenvalue weighted by Gasteiger charge is -2.32. The molecule has 60 valence electrons. The molecule has 1 N–H and O–H groups in total. The van der Waals surface area contributed by atoms with Gasteiger partial charge in [-0.3, -0.25) is 10.1 Å². The van der Waals surface area contributed by atoms with Crippen LogP contribution >= 0.6 is 0 Å². The molecule has 1 aliphatic heterocycles. The third kappa shape index (κ3) is 0.982. The smallest absolute Gasteiger partial charge is 0.312 e. The number of carbonyl (C=O) groups excluding carboxylic acids is 2. The third-order valence-corrected chi connectivity index (χ3v) is 2.34. The number of carbonyl (C=O) groups is 2. The molecular weight excluding hydrogens is 144 g/mol. The van der Waals surface area contributed by atoms with Crippen molar-refractivity contribution in [1.82, 2.24) is 10.2 Å². The highest BCUT2D eigenvalue weighted by atomic mass is 16.2. The average Bonchev–Trinajstić information content (AvgIpc) is 2.07. The Bertz CT molecular complexity index is 210. The molecule has 0 bridgehead atoms. The molecule has 1 saturated carbocycles. The summed E-state index contributed by atoms with van der Waals surface area (Å²) in [6.45, 7) is 0.267. The van der Waals surface area contributed by atoms with E-state index in [1.165, 1.54) is 6.42 Å². The number of hydrogen-bond acceptors (Lipinski definition) is 2. The molecule has 11 heavy (non-hydrogen) atoms. The Morgan fingerprint density at radius 2 is 2.09 bits per heavy atom. The van der Waals surface area contributed by atoms with Gasteiger partial charge in [-0.05, 0) is 19.3 Å². The van der Waals surface area contributed by atoms with Gasteiger partial charge in [0, 0.05) is 6.04 Å². The fourth-order valence-electron chi connectivity index (χ4n) is 1.45. The quantitative estimate of drug-likeness (QED) is 0.544. The van der Waals surface area contributed by atoms with Crippen molar-refractivity contribution < 1.29 is 9.59 Å². The molecular formula is C7H10N2O2. The number of rotatable bonds is 1. The number of urea groups is 1. The van der Waals surface area contributed by atoms with E-state index in [9.17, 15) is 9.59 Å². The van der Waals surface area contributed by atoms with Gasteiger partial charge in [0.15, 0.2) is 0 Å². The predicted octanol–water partition coefficient (Wildman–Crippen LogP) is 0.0907. The van der Waals surface area contributed by atoms with E-state index in [-0.39, 0.29) is 18.5 Å². The van der Waals surface area contributed by atoms with E-state index < -0.39 is 0 Å². The van der Waals surface area contributed by atoms with Gasteiger partial charge in [-0.2, -0.15) is 0 Å². The van der Waals surface area contributed by atoms with Crippen LogP contribution in [0.1, 0.15) is 19.3 Å². The predicted molar refractivity (Wildman–Crippen MR) is 37.9 cm³/mol. The molecule has 0 radical (unpaired) electrons. The Balaban J connectivity index is 2.02. The maximum absolute atomic E-state index is 11.0. The van der Waals surface area contributed by atoms with Crippen LogP contribution < -0.4 is 5.32 Å². The number of hydrogen-bond donors (Lipinski definition) is 1. The summed E-state index contributed by atoms with van der Waals surface area (Å²) in [5.74, 6) is -0.165. The van der Waals surface area contributed by atoms with Crippen molar-refractivity contribution in [2.45, 2.75) is 25.3 Å². The van der Waals surface area contributed by atoms with Crippen LogP contribution in [-0.2, 0) is 4.79 Å². The van der Waals surface area contributed by atoms with Gasteiger partial charge in [-0.1, -0.05) is 0 Å². The second-order valence-corrected chi connectivity index (χ2v) is 3.07. The molecule has 4 heteroatoms. The summed E-state index contributed by atoms with van der Waals surface area (Å²) < 4.78 is 0. The monoisotopic (exact) mass is 154 g/mol. The van der Waals surface area contributed by atoms with Crippen molar-refractivity contribution >= 4 is 11.9 Å². The van der Waals surface area contributed by atoms with Gasteiger partial charge in [-0.15, -0.1) is 0 Å². The van der Waals surface area contributed by atoms with Crippen molar-refractivity contribution in [1.29, 1.82) is 0 Å². The molecule has 3 amide bonds. The number of nitrogens with zero attached hydrogens (tertiary/aromatic N) is 1. The topological polar surface area (TPSA) is 49.4 Å². The molecule has 4 nitrogen and oxygen atoms in total. The number of nitrogens with one attached hydrogen (secondary N) is 1. The zero-order chi connectivity index (χ0) is 7.84. The Hall–Kier alpha value is -1.06. The lowest BCUT2D eigenvalue weighted by Crippen LogP contribution is -2.42. The van der Waals surface area contributed by atoms with Crippen LogP contribution in [0.25, 0.3) is 0 Å². The molecule has 2 aliphatic rings. The zero-order valence-corrected chi connectivity index (χ0v) is 6.17. The summed E-state index contributed by atoms with van der Waals surface area (Å²) >= 11 is 0. The van der Waals surface area contributed by atoms with Gasteiger partial charge in [-0.25, -0.2) is 4.79 Å². The third-order valence-electron chi connectivity index (χ3n) is 2.34. The lowest BCUT2D eigenvalue weighted by atomic mass is 9.92. The average molecular weight is 154 g/mol. The first-order valence-electron chi connectivity index (χ1n) is 3.88. The summed E-state index contributed by atoms with van der Waals surface area (Å²) in [6, 6.07) is 0.126. The van der Waals surface area contributed by atoms with Gasteiger partial charge >= 0.3 is 6.03 Å². The minimum atomic E-state index is -0.209. The molecule has 1 aliphatic carbocycles. The molecule has 0 aromatic rings. The second kappa shape index (κ2) is 2.22. The van der Waals surface area contributed by atoms with E-state index in [1.807, 2.05) is 0 Å². The van der Waals surface area contributed by atoms with Crippen molar-refractivity contribution in [2.75, 3.05) is 6.54 Å². The highest BCUT2D eigenvalue weighted by Crippen LogP contribution is 2.25. The second-order valence-electron chi connectivity index (χ2n) is 3.07. The SMILES string of the molecule is O=C1CN(C2CCC2)C(=O)N1. The van der Waals surface area contributed by atoms with Gasteiger partial charge in [0.25, 0.3) is 0 Å². The zero-order valence-electron chi connectivity index (χ0n) is 6.17. The standard InChI is InChI=1S/C7H10N2O2/c10-6-4-9(7(11)8-6)5-2-1-3-5/h5H,1-4H2,(H,8,10,11). The van der Waals surface area contributed by atoms with Crippen LogP contribution in [-0.4, -0.2) is 29.4 Å². The molecule has 2 fully saturated rings. The van der Waals surface area contributed by atoms with E-state index >= 15 is 0 Å². The van der Waals surface area contributed by atoms with E-state index in [0.717, 1.165) is 12.8 Å². The van der Waals surface area contributed by atoms with Crippen LogP contribution in [0.3, 0.4) is 0 Å². The fourth-order valence-corrected chi connectivity index (χ4v) is 1.45. The molecule has 0 atom stereocenters. The molecule has 2 rings (SSSR count). The van der Waals surface area contributed by atoms with Crippen molar-refractivity contribution in [3.63, 3.8) is 0 Å². The lowest BCUT2D eigenvalue weighted by molar-refractivity contribution is -0.118. The maximum atomic E-state index is 11.0. The van der Waals surface area contributed by atoms with E-state index in [1.54, 1.807) is 4.90 Å². The van der Waals surface area contributed by atoms with Gasteiger partial charge in [0.05, 0.1) is 0 Å². The van der Waals surface area contributed by atoms with Crippen LogP contribution in [0.2, 0.25) is 0 Å². The van der Waals surface area contributed by atoms with E-state index in [4.69, 9.17) is 0 Å². The number of amides is 3. The molecule has 1 heterocycles. The molecule has 0 aromatic heterocycles. The van der Waals surface area contributed by atoms with Crippen molar-refractivity contribution in [3.8, 4) is 0 Å². The number of imide groups is 1. The molecule has 0 spiro atoms. The largest absolute Gasteiger partial charge is 0.324 e. The molecule has 0 aromatic carbocycles. The summed E-state index contributed by atoms with van der Waals surface area (Å²) in [7, 11) is 0. The minimum Gasteiger partial charge on any atom is -0.312 e. The van der Waals surface area contributed by atoms with Gasteiger partial charge in [0.1, 0.15) is 6.54 Å². The Kier molecular flexibility index (Phi) is 1.34. The Morgan fingerprint density at radius 3 is 2.45 bits per heavy atom. The van der Waals surface area contributed by atoms with Crippen molar-refractivity contribution in [3.05, 3.63) is 0 Å².